The lowest BCUT2D eigenvalue weighted by atomic mass is 10.1. The summed E-state index contributed by atoms with van der Waals surface area (Å²) in [6.45, 7) is 5.03. The topological polar surface area (TPSA) is 55.6 Å². The van der Waals surface area contributed by atoms with Crippen LogP contribution in [0, 0.1) is 17.6 Å². The Morgan fingerprint density at radius 1 is 1.35 bits per heavy atom. The van der Waals surface area contributed by atoms with E-state index >= 15 is 0 Å². The van der Waals surface area contributed by atoms with E-state index in [1.165, 1.54) is 12.0 Å². The second-order valence-corrected chi connectivity index (χ2v) is 4.99. The van der Waals surface area contributed by atoms with Gasteiger partial charge in [-0.25, -0.2) is 8.78 Å². The number of nitrogen functional groups attached to an aromatic ring is 1. The molecule has 0 aliphatic carbocycles. The molecule has 1 aromatic carbocycles. The Morgan fingerprint density at radius 3 is 2.55 bits per heavy atom. The van der Waals surface area contributed by atoms with Crippen LogP contribution in [0.25, 0.3) is 0 Å². The minimum Gasteiger partial charge on any atom is -0.396 e. The van der Waals surface area contributed by atoms with E-state index in [1.54, 1.807) is 0 Å². The zero-order chi connectivity index (χ0) is 15.3. The maximum absolute atomic E-state index is 13.7. The minimum atomic E-state index is -0.909. The number of hydrogen-bond acceptors (Lipinski definition) is 3. The number of nitrogens with zero attached hydrogens (tertiary/aromatic N) is 1. The third kappa shape index (κ3) is 4.16. The Bertz CT molecular complexity index is 478. The smallest absolute Gasteiger partial charge is 0.256 e. The highest BCUT2D eigenvalue weighted by molar-refractivity contribution is 5.95. The molecule has 0 aliphatic heterocycles. The van der Waals surface area contributed by atoms with Crippen molar-refractivity contribution >= 4 is 11.6 Å². The molecule has 1 rings (SSSR count). The van der Waals surface area contributed by atoms with Crippen molar-refractivity contribution in [3.63, 3.8) is 0 Å². The number of carbonyl (C=O) groups is 1. The van der Waals surface area contributed by atoms with E-state index in [0.29, 0.717) is 25.8 Å². The van der Waals surface area contributed by atoms with Crippen molar-refractivity contribution in [3.8, 4) is 0 Å². The lowest BCUT2D eigenvalue weighted by Crippen LogP contribution is -2.37. The predicted octanol–water partition coefficient (Wildman–Crippen LogP) is 2.29. The second kappa shape index (κ2) is 7.19. The predicted molar refractivity (Wildman–Crippen MR) is 73.4 cm³/mol. The van der Waals surface area contributed by atoms with Crippen molar-refractivity contribution < 1.29 is 18.3 Å². The van der Waals surface area contributed by atoms with Gasteiger partial charge in [0, 0.05) is 26.3 Å². The number of ether oxygens (including phenoxy) is 1. The van der Waals surface area contributed by atoms with Gasteiger partial charge in [-0.2, -0.15) is 0 Å². The molecular formula is C14H20F2N2O2. The number of methoxy groups -OCH3 is 1. The van der Waals surface area contributed by atoms with Gasteiger partial charge in [0.25, 0.3) is 5.91 Å². The molecule has 0 radical (unpaired) electrons. The number of amides is 1. The van der Waals surface area contributed by atoms with Crippen molar-refractivity contribution in [2.24, 2.45) is 5.92 Å². The number of hydrogen-bond donors (Lipinski definition) is 1. The maximum Gasteiger partial charge on any atom is 0.256 e. The summed E-state index contributed by atoms with van der Waals surface area (Å²) in [6.07, 6.45) is 0. The fourth-order valence-corrected chi connectivity index (χ4v) is 1.82. The monoisotopic (exact) mass is 286 g/mol. The summed E-state index contributed by atoms with van der Waals surface area (Å²) < 4.78 is 31.8. The lowest BCUT2D eigenvalue weighted by molar-refractivity contribution is 0.0667. The summed E-state index contributed by atoms with van der Waals surface area (Å²) in [7, 11) is 1.52. The zero-order valence-electron chi connectivity index (χ0n) is 12.0. The third-order valence-corrected chi connectivity index (χ3v) is 2.75. The highest BCUT2D eigenvalue weighted by Crippen LogP contribution is 2.18. The quantitative estimate of drug-likeness (QED) is 0.816. The molecule has 6 heteroatoms. The summed E-state index contributed by atoms with van der Waals surface area (Å²) in [5, 5.41) is 0. The Labute approximate surface area is 117 Å². The minimum absolute atomic E-state index is 0.219. The maximum atomic E-state index is 13.7. The first-order valence-electron chi connectivity index (χ1n) is 6.39. The van der Waals surface area contributed by atoms with Crippen LogP contribution in [-0.4, -0.2) is 37.6 Å². The van der Waals surface area contributed by atoms with Crippen molar-refractivity contribution in [1.29, 1.82) is 0 Å². The number of nitrogens with two attached hydrogens (primary N) is 1. The normalized spacial score (nSPS) is 10.9. The van der Waals surface area contributed by atoms with Crippen LogP contribution in [0.5, 0.6) is 0 Å². The van der Waals surface area contributed by atoms with E-state index in [2.05, 4.69) is 0 Å². The van der Waals surface area contributed by atoms with Crippen molar-refractivity contribution in [2.45, 2.75) is 13.8 Å². The molecule has 0 spiro atoms. The summed E-state index contributed by atoms with van der Waals surface area (Å²) in [4.78, 5) is 13.8. The van der Waals surface area contributed by atoms with Gasteiger partial charge in [-0.05, 0) is 12.0 Å². The van der Waals surface area contributed by atoms with E-state index in [1.807, 2.05) is 13.8 Å². The van der Waals surface area contributed by atoms with E-state index in [-0.39, 0.29) is 17.2 Å². The first-order chi connectivity index (χ1) is 9.36. The van der Waals surface area contributed by atoms with E-state index in [0.717, 1.165) is 6.07 Å². The molecule has 0 aromatic heterocycles. The van der Waals surface area contributed by atoms with Gasteiger partial charge in [0.1, 0.15) is 11.6 Å². The van der Waals surface area contributed by atoms with Gasteiger partial charge in [0.2, 0.25) is 0 Å². The SMILES string of the molecule is COCCN(CC(C)C)C(=O)c1cc(N)c(F)cc1F. The van der Waals surface area contributed by atoms with Crippen LogP contribution >= 0.6 is 0 Å². The molecule has 0 atom stereocenters. The van der Waals surface area contributed by atoms with Gasteiger partial charge in [0.05, 0.1) is 17.9 Å². The number of carbonyl (C=O) groups excluding carboxylic acids is 1. The average molecular weight is 286 g/mol. The van der Waals surface area contributed by atoms with Crippen LogP contribution in [0.1, 0.15) is 24.2 Å². The van der Waals surface area contributed by atoms with Gasteiger partial charge >= 0.3 is 0 Å². The third-order valence-electron chi connectivity index (χ3n) is 2.75. The molecule has 0 aliphatic rings. The molecule has 0 fully saturated rings. The molecule has 1 amide bonds. The highest BCUT2D eigenvalue weighted by Gasteiger charge is 2.21. The summed E-state index contributed by atoms with van der Waals surface area (Å²) in [6, 6.07) is 1.67. The number of rotatable bonds is 6. The summed E-state index contributed by atoms with van der Waals surface area (Å²) >= 11 is 0. The van der Waals surface area contributed by atoms with Crippen molar-refractivity contribution in [3.05, 3.63) is 29.3 Å². The van der Waals surface area contributed by atoms with Crippen LogP contribution < -0.4 is 5.73 Å². The second-order valence-electron chi connectivity index (χ2n) is 4.99. The zero-order valence-corrected chi connectivity index (χ0v) is 12.0. The van der Waals surface area contributed by atoms with Gasteiger partial charge in [-0.15, -0.1) is 0 Å². The highest BCUT2D eigenvalue weighted by atomic mass is 19.1. The van der Waals surface area contributed by atoms with E-state index < -0.39 is 17.5 Å². The first-order valence-corrected chi connectivity index (χ1v) is 6.39. The van der Waals surface area contributed by atoms with Crippen LogP contribution in [0.15, 0.2) is 12.1 Å². The molecular weight excluding hydrogens is 266 g/mol. The largest absolute Gasteiger partial charge is 0.396 e. The fraction of sp³-hybridized carbons (Fsp3) is 0.500. The van der Waals surface area contributed by atoms with Crippen LogP contribution in [0.3, 0.4) is 0 Å². The van der Waals surface area contributed by atoms with Crippen LogP contribution in [0.4, 0.5) is 14.5 Å². The molecule has 0 unspecified atom stereocenters. The molecule has 0 bridgehead atoms. The van der Waals surface area contributed by atoms with Gasteiger partial charge in [-0.1, -0.05) is 13.8 Å². The Hall–Kier alpha value is -1.69. The Morgan fingerprint density at radius 2 is 2.00 bits per heavy atom. The standard InChI is InChI=1S/C14H20F2N2O2/c1-9(2)8-18(4-5-20-3)14(19)10-6-13(17)12(16)7-11(10)15/h6-7,9H,4-5,8,17H2,1-3H3. The van der Waals surface area contributed by atoms with Gasteiger partial charge in [0.15, 0.2) is 0 Å². The Balaban J connectivity index is 3.01. The summed E-state index contributed by atoms with van der Waals surface area (Å²) in [5.74, 6) is -2.07. The number of anilines is 1. The molecule has 4 nitrogen and oxygen atoms in total. The molecule has 0 heterocycles. The molecule has 0 saturated carbocycles. The molecule has 0 saturated heterocycles. The van der Waals surface area contributed by atoms with Crippen molar-refractivity contribution in [2.75, 3.05) is 32.5 Å². The average Bonchev–Trinajstić information content (AvgIpc) is 2.37. The molecule has 2 N–H and O–H groups in total. The number of benzene rings is 1. The fourth-order valence-electron chi connectivity index (χ4n) is 1.82. The Kier molecular flexibility index (Phi) is 5.88. The molecule has 112 valence electrons. The van der Waals surface area contributed by atoms with Crippen LogP contribution in [0.2, 0.25) is 0 Å². The van der Waals surface area contributed by atoms with Crippen molar-refractivity contribution in [1.82, 2.24) is 4.90 Å². The molecule has 1 aromatic rings. The summed E-state index contributed by atoms with van der Waals surface area (Å²) in [5.41, 5.74) is 4.93. The number of halogens is 2. The lowest BCUT2D eigenvalue weighted by Gasteiger charge is -2.24. The van der Waals surface area contributed by atoms with Gasteiger partial charge < -0.3 is 15.4 Å². The first kappa shape index (κ1) is 16.4. The van der Waals surface area contributed by atoms with E-state index in [4.69, 9.17) is 10.5 Å². The van der Waals surface area contributed by atoms with Crippen LogP contribution in [-0.2, 0) is 4.74 Å². The van der Waals surface area contributed by atoms with Gasteiger partial charge in [-0.3, -0.25) is 4.79 Å². The van der Waals surface area contributed by atoms with E-state index in [9.17, 15) is 13.6 Å². The molecule has 20 heavy (non-hydrogen) atoms.